The minimum atomic E-state index is 0. The predicted molar refractivity (Wildman–Crippen MR) is 42.2 cm³/mol. The van der Waals surface area contributed by atoms with Gasteiger partial charge in [-0.15, -0.1) is 5.39 Å². The van der Waals surface area contributed by atoms with Gasteiger partial charge < -0.3 is 10.1 Å². The number of benzene rings is 1. The molecule has 0 amide bonds. The molecule has 3 heteroatoms. The van der Waals surface area contributed by atoms with E-state index in [1.165, 1.54) is 0 Å². The fourth-order valence-corrected chi connectivity index (χ4v) is 1.03. The van der Waals surface area contributed by atoms with Crippen LogP contribution in [0.3, 0.4) is 0 Å². The monoisotopic (exact) mass is 151 g/mol. The third kappa shape index (κ3) is 1.45. The Morgan fingerprint density at radius 2 is 2.08 bits per heavy atom. The van der Waals surface area contributed by atoms with E-state index in [0.717, 1.165) is 5.39 Å². The van der Waals surface area contributed by atoms with Gasteiger partial charge in [0.1, 0.15) is 0 Å². The summed E-state index contributed by atoms with van der Waals surface area (Å²) in [5.41, 5.74) is 0.606. The number of pyridine rings is 1. The number of hydrogen-bond donors (Lipinski definition) is 1. The second kappa shape index (κ2) is 3.62. The molecule has 1 heterocycles. The second-order valence-electron chi connectivity index (χ2n) is 2.29. The van der Waals surface area contributed by atoms with E-state index in [0.29, 0.717) is 5.52 Å². The van der Waals surface area contributed by atoms with Crippen molar-refractivity contribution in [3.05, 3.63) is 36.5 Å². The first kappa shape index (κ1) is 9.12. The maximum atomic E-state index is 9.29. The number of rotatable bonds is 0. The molecule has 2 nitrogen and oxygen atoms in total. The third-order valence-corrected chi connectivity index (χ3v) is 1.56. The van der Waals surface area contributed by atoms with E-state index in [4.69, 9.17) is 0 Å². The zero-order valence-corrected chi connectivity index (χ0v) is 6.78. The second-order valence-corrected chi connectivity index (χ2v) is 2.29. The van der Waals surface area contributed by atoms with Gasteiger partial charge >= 0.3 is 18.9 Å². The molecule has 12 heavy (non-hydrogen) atoms. The Balaban J connectivity index is 0.000000720. The quantitative estimate of drug-likeness (QED) is 0.377. The standard InChI is InChI=1S/C9H6NO.Li/c11-8-5-1-3-7-4-2-6-10-9(7)8;/h1-5,11H;/q-1;+1. The first-order valence-electron chi connectivity index (χ1n) is 3.33. The Labute approximate surface area is 82.4 Å². The van der Waals surface area contributed by atoms with Crippen molar-refractivity contribution < 1.29 is 24.0 Å². The molecule has 0 aliphatic heterocycles. The van der Waals surface area contributed by atoms with Crippen LogP contribution >= 0.6 is 0 Å². The average molecular weight is 151 g/mol. The minimum Gasteiger partial charge on any atom is -0.519 e. The van der Waals surface area contributed by atoms with Crippen LogP contribution in [-0.4, -0.2) is 10.1 Å². The summed E-state index contributed by atoms with van der Waals surface area (Å²) in [7, 11) is 0. The topological polar surface area (TPSA) is 33.1 Å². The molecular weight excluding hydrogens is 145 g/mol. The van der Waals surface area contributed by atoms with Gasteiger partial charge in [0.25, 0.3) is 0 Å². The first-order chi connectivity index (χ1) is 5.38. The number of phenolic OH excluding ortho intramolecular Hbond substituents is 1. The Bertz CT molecular complexity index is 384. The molecule has 0 saturated carbocycles. The summed E-state index contributed by atoms with van der Waals surface area (Å²) in [6.07, 6.45) is 2.67. The van der Waals surface area contributed by atoms with Gasteiger partial charge in [-0.3, -0.25) is 0 Å². The Morgan fingerprint density at radius 3 is 2.83 bits per heavy atom. The summed E-state index contributed by atoms with van der Waals surface area (Å²) >= 11 is 0. The molecule has 0 unspecified atom stereocenters. The molecule has 0 aliphatic carbocycles. The number of hydrogen-bond acceptors (Lipinski definition) is 2. The van der Waals surface area contributed by atoms with Crippen molar-refractivity contribution in [2.45, 2.75) is 0 Å². The minimum absolute atomic E-state index is 0. The predicted octanol–water partition coefficient (Wildman–Crippen LogP) is -1.26. The summed E-state index contributed by atoms with van der Waals surface area (Å²) in [5.74, 6) is 0.208. The number of aromatic hydroxyl groups is 1. The zero-order valence-electron chi connectivity index (χ0n) is 6.78. The summed E-state index contributed by atoms with van der Waals surface area (Å²) < 4.78 is 0. The van der Waals surface area contributed by atoms with E-state index in [1.54, 1.807) is 18.2 Å². The Morgan fingerprint density at radius 1 is 1.25 bits per heavy atom. The third-order valence-electron chi connectivity index (χ3n) is 1.56. The Kier molecular flexibility index (Phi) is 2.75. The summed E-state index contributed by atoms with van der Waals surface area (Å²) in [4.78, 5) is 3.91. The number of aromatic nitrogens is 1. The summed E-state index contributed by atoms with van der Waals surface area (Å²) in [6, 6.07) is 8.89. The van der Waals surface area contributed by atoms with Crippen LogP contribution in [0, 0.1) is 6.20 Å². The van der Waals surface area contributed by atoms with Gasteiger partial charge in [-0.25, -0.2) is 0 Å². The molecule has 2 aromatic rings. The molecule has 0 fully saturated rings. The molecule has 54 valence electrons. The van der Waals surface area contributed by atoms with Crippen LogP contribution in [0.15, 0.2) is 30.3 Å². The normalized spacial score (nSPS) is 9.33. The molecule has 0 bridgehead atoms. The van der Waals surface area contributed by atoms with Crippen molar-refractivity contribution in [3.63, 3.8) is 0 Å². The molecular formula is C9H6LiNO. The van der Waals surface area contributed by atoms with Crippen molar-refractivity contribution in [3.8, 4) is 5.75 Å². The van der Waals surface area contributed by atoms with Gasteiger partial charge in [0.05, 0.1) is 5.75 Å². The maximum Gasteiger partial charge on any atom is 1.00 e. The number of para-hydroxylation sites is 1. The van der Waals surface area contributed by atoms with E-state index >= 15 is 0 Å². The van der Waals surface area contributed by atoms with Crippen LogP contribution < -0.4 is 18.9 Å². The van der Waals surface area contributed by atoms with Gasteiger partial charge in [-0.05, 0) is 11.6 Å². The molecule has 0 aliphatic rings. The van der Waals surface area contributed by atoms with Crippen LogP contribution in [0.2, 0.25) is 0 Å². The van der Waals surface area contributed by atoms with E-state index in [1.807, 2.05) is 12.1 Å². The molecule has 1 N–H and O–H groups in total. The van der Waals surface area contributed by atoms with E-state index in [2.05, 4.69) is 11.2 Å². The zero-order chi connectivity index (χ0) is 7.68. The van der Waals surface area contributed by atoms with E-state index in [9.17, 15) is 5.11 Å². The van der Waals surface area contributed by atoms with Crippen LogP contribution in [-0.2, 0) is 0 Å². The van der Waals surface area contributed by atoms with Gasteiger partial charge in [0.2, 0.25) is 0 Å². The number of phenols is 1. The van der Waals surface area contributed by atoms with Crippen LogP contribution in [0.5, 0.6) is 5.75 Å². The summed E-state index contributed by atoms with van der Waals surface area (Å²) in [6.45, 7) is 0. The first-order valence-corrected chi connectivity index (χ1v) is 3.33. The Hall–Kier alpha value is -0.973. The van der Waals surface area contributed by atoms with Crippen molar-refractivity contribution in [1.29, 1.82) is 0 Å². The van der Waals surface area contributed by atoms with Gasteiger partial charge in [-0.2, -0.15) is 12.1 Å². The molecule has 0 saturated heterocycles. The van der Waals surface area contributed by atoms with E-state index in [-0.39, 0.29) is 24.6 Å². The molecule has 0 atom stereocenters. The molecule has 0 spiro atoms. The molecule has 1 aromatic carbocycles. The fraction of sp³-hybridized carbons (Fsp3) is 0. The molecule has 0 radical (unpaired) electrons. The number of nitrogens with zero attached hydrogens (tertiary/aromatic N) is 1. The van der Waals surface area contributed by atoms with Crippen molar-refractivity contribution in [2.75, 3.05) is 0 Å². The van der Waals surface area contributed by atoms with Crippen molar-refractivity contribution in [1.82, 2.24) is 4.98 Å². The number of fused-ring (bicyclic) bond motifs is 1. The van der Waals surface area contributed by atoms with Crippen LogP contribution in [0.1, 0.15) is 0 Å². The summed E-state index contributed by atoms with van der Waals surface area (Å²) in [5, 5.41) is 10.2. The van der Waals surface area contributed by atoms with Crippen LogP contribution in [0.4, 0.5) is 0 Å². The molecule has 1 aromatic heterocycles. The van der Waals surface area contributed by atoms with Crippen LogP contribution in [0.25, 0.3) is 10.9 Å². The smallest absolute Gasteiger partial charge is 0.519 e. The van der Waals surface area contributed by atoms with Gasteiger partial charge in [0.15, 0.2) is 0 Å². The van der Waals surface area contributed by atoms with Gasteiger partial charge in [-0.1, -0.05) is 18.3 Å². The largest absolute Gasteiger partial charge is 1.00 e. The molecule has 2 rings (SSSR count). The average Bonchev–Trinajstić information content (AvgIpc) is 2.06. The van der Waals surface area contributed by atoms with Gasteiger partial charge in [0, 0.05) is 0 Å². The maximum absolute atomic E-state index is 9.29. The fourth-order valence-electron chi connectivity index (χ4n) is 1.03. The van der Waals surface area contributed by atoms with Crippen molar-refractivity contribution >= 4 is 10.9 Å². The van der Waals surface area contributed by atoms with E-state index < -0.39 is 0 Å². The SMILES string of the molecule is Oc1cccc2cc[c-]nc12.[Li+]. The van der Waals surface area contributed by atoms with Crippen molar-refractivity contribution in [2.24, 2.45) is 0 Å².